The first-order chi connectivity index (χ1) is 8.22. The van der Waals surface area contributed by atoms with Gasteiger partial charge in [-0.15, -0.1) is 0 Å². The quantitative estimate of drug-likeness (QED) is 0.878. The van der Waals surface area contributed by atoms with Crippen molar-refractivity contribution in [3.63, 3.8) is 0 Å². The van der Waals surface area contributed by atoms with E-state index in [4.69, 9.17) is 4.74 Å². The lowest BCUT2D eigenvalue weighted by Gasteiger charge is -2.12. The predicted molar refractivity (Wildman–Crippen MR) is 59.0 cm³/mol. The Bertz CT molecular complexity index is 505. The lowest BCUT2D eigenvalue weighted by Crippen LogP contribution is -2.02. The highest BCUT2D eigenvalue weighted by Crippen LogP contribution is 2.26. The van der Waals surface area contributed by atoms with Gasteiger partial charge in [-0.3, -0.25) is 0 Å². The molecule has 17 heavy (non-hydrogen) atoms. The highest BCUT2D eigenvalue weighted by molar-refractivity contribution is 5.35. The fraction of sp³-hybridized carbons (Fsp3) is 0.167. The Balaban J connectivity index is 2.34. The number of benzene rings is 1. The van der Waals surface area contributed by atoms with Crippen LogP contribution in [0.25, 0.3) is 0 Å². The number of aliphatic hydroxyl groups is 1. The van der Waals surface area contributed by atoms with E-state index >= 15 is 0 Å². The van der Waals surface area contributed by atoms with Crippen LogP contribution in [0, 0.1) is 5.82 Å². The molecule has 4 nitrogen and oxygen atoms in total. The summed E-state index contributed by atoms with van der Waals surface area (Å²) in [6.45, 7) is 0. The SMILES string of the molecule is COc1cc(C(O)c2cncnc2)ccc1F. The molecule has 0 aliphatic rings. The lowest BCUT2D eigenvalue weighted by molar-refractivity contribution is 0.218. The van der Waals surface area contributed by atoms with Gasteiger partial charge in [-0.25, -0.2) is 14.4 Å². The van der Waals surface area contributed by atoms with Crippen LogP contribution in [-0.4, -0.2) is 22.2 Å². The van der Waals surface area contributed by atoms with Crippen LogP contribution in [0.1, 0.15) is 17.2 Å². The normalized spacial score (nSPS) is 12.2. The first-order valence-corrected chi connectivity index (χ1v) is 4.99. The fourth-order valence-corrected chi connectivity index (χ4v) is 1.49. The van der Waals surface area contributed by atoms with Crippen LogP contribution in [0.2, 0.25) is 0 Å². The molecule has 0 bridgehead atoms. The van der Waals surface area contributed by atoms with Crippen molar-refractivity contribution < 1.29 is 14.2 Å². The molecule has 2 aromatic rings. The third kappa shape index (κ3) is 2.39. The average molecular weight is 234 g/mol. The Morgan fingerprint density at radius 1 is 1.24 bits per heavy atom. The topological polar surface area (TPSA) is 55.2 Å². The van der Waals surface area contributed by atoms with Crippen molar-refractivity contribution in [3.05, 3.63) is 53.9 Å². The van der Waals surface area contributed by atoms with Crippen LogP contribution in [0.5, 0.6) is 5.75 Å². The molecule has 1 heterocycles. The number of halogens is 1. The smallest absolute Gasteiger partial charge is 0.165 e. The van der Waals surface area contributed by atoms with Crippen molar-refractivity contribution in [2.75, 3.05) is 7.11 Å². The molecule has 5 heteroatoms. The Kier molecular flexibility index (Phi) is 3.30. The van der Waals surface area contributed by atoms with Crippen LogP contribution in [-0.2, 0) is 0 Å². The van der Waals surface area contributed by atoms with E-state index in [-0.39, 0.29) is 5.75 Å². The van der Waals surface area contributed by atoms with Crippen molar-refractivity contribution in [2.24, 2.45) is 0 Å². The van der Waals surface area contributed by atoms with Gasteiger partial charge in [0.15, 0.2) is 11.6 Å². The van der Waals surface area contributed by atoms with Gasteiger partial charge in [-0.05, 0) is 17.7 Å². The summed E-state index contributed by atoms with van der Waals surface area (Å²) in [5.41, 5.74) is 1.07. The number of hydrogen-bond acceptors (Lipinski definition) is 4. The van der Waals surface area contributed by atoms with Gasteiger partial charge < -0.3 is 9.84 Å². The van der Waals surface area contributed by atoms with E-state index in [1.807, 2.05) is 0 Å². The molecular formula is C12H11FN2O2. The van der Waals surface area contributed by atoms with Crippen LogP contribution in [0.4, 0.5) is 4.39 Å². The molecule has 0 aliphatic carbocycles. The second-order valence-corrected chi connectivity index (χ2v) is 3.47. The van der Waals surface area contributed by atoms with Crippen molar-refractivity contribution in [1.29, 1.82) is 0 Å². The summed E-state index contributed by atoms with van der Waals surface area (Å²) in [6.07, 6.45) is 3.49. The maximum absolute atomic E-state index is 13.2. The zero-order chi connectivity index (χ0) is 12.3. The van der Waals surface area contributed by atoms with Crippen LogP contribution >= 0.6 is 0 Å². The highest BCUT2D eigenvalue weighted by atomic mass is 19.1. The molecule has 1 aromatic carbocycles. The van der Waals surface area contributed by atoms with Gasteiger partial charge in [-0.2, -0.15) is 0 Å². The van der Waals surface area contributed by atoms with Crippen LogP contribution in [0.15, 0.2) is 36.9 Å². The van der Waals surface area contributed by atoms with E-state index in [1.54, 1.807) is 0 Å². The van der Waals surface area contributed by atoms with Gasteiger partial charge in [0.2, 0.25) is 0 Å². The molecule has 0 saturated carbocycles. The van der Waals surface area contributed by atoms with Crippen LogP contribution < -0.4 is 4.74 Å². The number of ether oxygens (including phenoxy) is 1. The predicted octanol–water partition coefficient (Wildman–Crippen LogP) is 1.71. The van der Waals surface area contributed by atoms with Crippen LogP contribution in [0.3, 0.4) is 0 Å². The van der Waals surface area contributed by atoms with E-state index < -0.39 is 11.9 Å². The summed E-state index contributed by atoms with van der Waals surface area (Å²) in [4.78, 5) is 7.63. The second-order valence-electron chi connectivity index (χ2n) is 3.47. The highest BCUT2D eigenvalue weighted by Gasteiger charge is 2.13. The maximum Gasteiger partial charge on any atom is 0.165 e. The second kappa shape index (κ2) is 4.88. The molecule has 88 valence electrons. The largest absolute Gasteiger partial charge is 0.494 e. The molecule has 0 spiro atoms. The number of aromatic nitrogens is 2. The third-order valence-electron chi connectivity index (χ3n) is 2.39. The molecule has 0 amide bonds. The number of methoxy groups -OCH3 is 1. The van der Waals surface area contributed by atoms with E-state index in [1.165, 1.54) is 44.0 Å². The Morgan fingerprint density at radius 2 is 1.94 bits per heavy atom. The molecule has 1 N–H and O–H groups in total. The molecule has 0 aliphatic heterocycles. The number of aliphatic hydroxyl groups excluding tert-OH is 1. The van der Waals surface area contributed by atoms with E-state index in [9.17, 15) is 9.50 Å². The Morgan fingerprint density at radius 3 is 2.59 bits per heavy atom. The first-order valence-electron chi connectivity index (χ1n) is 4.99. The number of rotatable bonds is 3. The summed E-state index contributed by atoms with van der Waals surface area (Å²) in [7, 11) is 1.38. The summed E-state index contributed by atoms with van der Waals surface area (Å²) < 4.78 is 18.1. The van der Waals surface area contributed by atoms with E-state index in [0.717, 1.165) is 0 Å². The van der Waals surface area contributed by atoms with Crippen molar-refractivity contribution >= 4 is 0 Å². The van der Waals surface area contributed by atoms with E-state index in [0.29, 0.717) is 11.1 Å². The monoisotopic (exact) mass is 234 g/mol. The van der Waals surface area contributed by atoms with Crippen molar-refractivity contribution in [1.82, 2.24) is 9.97 Å². The average Bonchev–Trinajstić information content (AvgIpc) is 2.39. The molecule has 1 aromatic heterocycles. The lowest BCUT2D eigenvalue weighted by atomic mass is 10.0. The summed E-state index contributed by atoms with van der Waals surface area (Å²) >= 11 is 0. The van der Waals surface area contributed by atoms with Gasteiger partial charge in [0.25, 0.3) is 0 Å². The molecular weight excluding hydrogens is 223 g/mol. The zero-order valence-corrected chi connectivity index (χ0v) is 9.17. The van der Waals surface area contributed by atoms with Crippen molar-refractivity contribution in [2.45, 2.75) is 6.10 Å². The fourth-order valence-electron chi connectivity index (χ4n) is 1.49. The molecule has 0 fully saturated rings. The van der Waals surface area contributed by atoms with Gasteiger partial charge in [0, 0.05) is 18.0 Å². The molecule has 0 saturated heterocycles. The van der Waals surface area contributed by atoms with Crippen molar-refractivity contribution in [3.8, 4) is 5.75 Å². The first kappa shape index (κ1) is 11.5. The van der Waals surface area contributed by atoms with Gasteiger partial charge >= 0.3 is 0 Å². The minimum absolute atomic E-state index is 0.0957. The molecule has 1 unspecified atom stereocenters. The van der Waals surface area contributed by atoms with Gasteiger partial charge in [-0.1, -0.05) is 6.07 Å². The minimum atomic E-state index is -0.898. The number of hydrogen-bond donors (Lipinski definition) is 1. The maximum atomic E-state index is 13.2. The van der Waals surface area contributed by atoms with Gasteiger partial charge in [0.1, 0.15) is 12.4 Å². The summed E-state index contributed by atoms with van der Waals surface area (Å²) in [6, 6.07) is 4.20. The third-order valence-corrected chi connectivity index (χ3v) is 2.39. The number of nitrogens with zero attached hydrogens (tertiary/aromatic N) is 2. The molecule has 1 atom stereocenters. The Hall–Kier alpha value is -2.01. The minimum Gasteiger partial charge on any atom is -0.494 e. The zero-order valence-electron chi connectivity index (χ0n) is 9.17. The standard InChI is InChI=1S/C12H11FN2O2/c1-17-11-4-8(2-3-10(11)13)12(16)9-5-14-7-15-6-9/h2-7,12,16H,1H3. The van der Waals surface area contributed by atoms with E-state index in [2.05, 4.69) is 9.97 Å². The Labute approximate surface area is 97.7 Å². The summed E-state index contributed by atoms with van der Waals surface area (Å²) in [5.74, 6) is -0.369. The molecule has 2 rings (SSSR count). The molecule has 0 radical (unpaired) electrons. The van der Waals surface area contributed by atoms with Gasteiger partial charge in [0.05, 0.1) is 7.11 Å². The summed E-state index contributed by atoms with van der Waals surface area (Å²) in [5, 5.41) is 10.0.